The summed E-state index contributed by atoms with van der Waals surface area (Å²) in [6.45, 7) is 3.49. The number of ether oxygens (including phenoxy) is 1. The van der Waals surface area contributed by atoms with Crippen LogP contribution in [0.3, 0.4) is 0 Å². The molecule has 10 nitrogen and oxygen atoms in total. The van der Waals surface area contributed by atoms with Gasteiger partial charge in [-0.2, -0.15) is 0 Å². The summed E-state index contributed by atoms with van der Waals surface area (Å²) in [5.41, 5.74) is 0.512. The molecule has 2 aromatic heterocycles. The highest BCUT2D eigenvalue weighted by molar-refractivity contribution is 5.98. The van der Waals surface area contributed by atoms with E-state index < -0.39 is 11.8 Å². The molecule has 0 aliphatic heterocycles. The minimum atomic E-state index is -0.741. The summed E-state index contributed by atoms with van der Waals surface area (Å²) in [5, 5.41) is 13.4. The van der Waals surface area contributed by atoms with Gasteiger partial charge in [0.2, 0.25) is 0 Å². The first-order chi connectivity index (χ1) is 15.8. The molecule has 2 heterocycles. The van der Waals surface area contributed by atoms with Crippen LogP contribution in [-0.2, 0) is 20.6 Å². The maximum atomic E-state index is 12.5. The Morgan fingerprint density at radius 1 is 1.21 bits per heavy atom. The van der Waals surface area contributed by atoms with Gasteiger partial charge in [0.05, 0.1) is 11.9 Å². The standard InChI is InChI=1S/C23H31N5O5/c1-4-8-18(30)17-9-5-6-10-19(17)33-14-16(29)13-24-11-7-12-28-15-25-21-20(28)22(31)27(3)23(32)26(21)2/h5-6,9-10,15-16,24,29H,4,7-8,11-14H2,1-3H3. The average Bonchev–Trinajstić information content (AvgIpc) is 3.24. The van der Waals surface area contributed by atoms with Crippen LogP contribution in [0.15, 0.2) is 40.2 Å². The summed E-state index contributed by atoms with van der Waals surface area (Å²) in [5.74, 6) is 0.514. The second-order valence-electron chi connectivity index (χ2n) is 8.01. The highest BCUT2D eigenvalue weighted by Gasteiger charge is 2.15. The van der Waals surface area contributed by atoms with E-state index in [0.717, 1.165) is 11.0 Å². The molecule has 178 valence electrons. The summed E-state index contributed by atoms with van der Waals surface area (Å²) in [6, 6.07) is 7.07. The van der Waals surface area contributed by atoms with E-state index in [-0.39, 0.29) is 17.9 Å². The van der Waals surface area contributed by atoms with Gasteiger partial charge in [-0.3, -0.25) is 18.7 Å². The number of hydrogen-bond acceptors (Lipinski definition) is 7. The minimum absolute atomic E-state index is 0.0302. The number of aliphatic hydroxyl groups is 1. The fourth-order valence-corrected chi connectivity index (χ4v) is 3.64. The van der Waals surface area contributed by atoms with Gasteiger partial charge < -0.3 is 19.7 Å². The summed E-state index contributed by atoms with van der Waals surface area (Å²) < 4.78 is 9.86. The lowest BCUT2D eigenvalue weighted by molar-refractivity contribution is 0.0949. The molecule has 0 saturated heterocycles. The third-order valence-corrected chi connectivity index (χ3v) is 5.45. The van der Waals surface area contributed by atoms with Crippen molar-refractivity contribution in [2.24, 2.45) is 14.1 Å². The maximum absolute atomic E-state index is 12.5. The molecule has 3 rings (SSSR count). The molecule has 0 amide bonds. The molecular weight excluding hydrogens is 426 g/mol. The van der Waals surface area contributed by atoms with Crippen LogP contribution in [0.5, 0.6) is 5.75 Å². The number of Topliss-reactive ketones (excluding diaryl/α,β-unsaturated/α-hetero) is 1. The lowest BCUT2D eigenvalue weighted by Gasteiger charge is -2.15. The van der Waals surface area contributed by atoms with Crippen molar-refractivity contribution in [3.63, 3.8) is 0 Å². The van der Waals surface area contributed by atoms with Gasteiger partial charge in [0.15, 0.2) is 16.9 Å². The third kappa shape index (κ3) is 5.58. The molecule has 0 fully saturated rings. The summed E-state index contributed by atoms with van der Waals surface area (Å²) in [7, 11) is 3.04. The first-order valence-corrected chi connectivity index (χ1v) is 11.1. The van der Waals surface area contributed by atoms with E-state index in [4.69, 9.17) is 4.74 Å². The quantitative estimate of drug-likeness (QED) is 0.305. The predicted octanol–water partition coefficient (Wildman–Crippen LogP) is 0.836. The van der Waals surface area contributed by atoms with Crippen molar-refractivity contribution in [2.75, 3.05) is 19.7 Å². The Bertz CT molecular complexity index is 1230. The van der Waals surface area contributed by atoms with Crippen molar-refractivity contribution < 1.29 is 14.6 Å². The van der Waals surface area contributed by atoms with E-state index in [1.807, 2.05) is 6.92 Å². The number of nitrogens with zero attached hydrogens (tertiary/aromatic N) is 4. The van der Waals surface area contributed by atoms with Crippen molar-refractivity contribution >= 4 is 16.9 Å². The van der Waals surface area contributed by atoms with Crippen LogP contribution < -0.4 is 21.3 Å². The molecule has 1 atom stereocenters. The number of aryl methyl sites for hydroxylation is 2. The van der Waals surface area contributed by atoms with Gasteiger partial charge in [-0.05, 0) is 31.5 Å². The predicted molar refractivity (Wildman–Crippen MR) is 125 cm³/mol. The van der Waals surface area contributed by atoms with E-state index in [1.165, 1.54) is 11.6 Å². The number of imidazole rings is 1. The fraction of sp³-hybridized carbons (Fsp3) is 0.478. The number of para-hydroxylation sites is 1. The second kappa shape index (κ2) is 11.1. The molecule has 1 aromatic carbocycles. The summed E-state index contributed by atoms with van der Waals surface area (Å²) >= 11 is 0. The molecule has 0 spiro atoms. The third-order valence-electron chi connectivity index (χ3n) is 5.45. The SMILES string of the molecule is CCCC(=O)c1ccccc1OCC(O)CNCCCn1cnc2c1c(=O)n(C)c(=O)n2C. The van der Waals surface area contributed by atoms with Crippen molar-refractivity contribution in [2.45, 2.75) is 38.8 Å². The smallest absolute Gasteiger partial charge is 0.332 e. The molecule has 3 aromatic rings. The molecule has 10 heteroatoms. The Labute approximate surface area is 191 Å². The molecule has 0 radical (unpaired) electrons. The van der Waals surface area contributed by atoms with Gasteiger partial charge in [-0.25, -0.2) is 9.78 Å². The lowest BCUT2D eigenvalue weighted by atomic mass is 10.1. The lowest BCUT2D eigenvalue weighted by Crippen LogP contribution is -2.37. The number of carbonyl (C=O) groups is 1. The van der Waals surface area contributed by atoms with Crippen LogP contribution >= 0.6 is 0 Å². The Kier molecular flexibility index (Phi) is 8.18. The van der Waals surface area contributed by atoms with E-state index in [2.05, 4.69) is 10.3 Å². The van der Waals surface area contributed by atoms with Crippen molar-refractivity contribution in [3.8, 4) is 5.75 Å². The molecule has 0 bridgehead atoms. The molecular formula is C23H31N5O5. The topological polar surface area (TPSA) is 120 Å². The molecule has 0 aliphatic carbocycles. The first-order valence-electron chi connectivity index (χ1n) is 11.1. The molecule has 2 N–H and O–H groups in total. The summed E-state index contributed by atoms with van der Waals surface area (Å²) in [4.78, 5) is 40.9. The number of carbonyl (C=O) groups excluding carboxylic acids is 1. The Morgan fingerprint density at radius 3 is 2.73 bits per heavy atom. The highest BCUT2D eigenvalue weighted by Crippen LogP contribution is 2.20. The molecule has 0 aliphatic rings. The van der Waals surface area contributed by atoms with E-state index in [9.17, 15) is 19.5 Å². The number of rotatable bonds is 12. The Balaban J connectivity index is 1.47. The van der Waals surface area contributed by atoms with Gasteiger partial charge in [-0.15, -0.1) is 0 Å². The summed E-state index contributed by atoms with van der Waals surface area (Å²) in [6.07, 6.45) is 2.74. The number of hydrogen-bond donors (Lipinski definition) is 2. The molecule has 33 heavy (non-hydrogen) atoms. The zero-order chi connectivity index (χ0) is 24.0. The van der Waals surface area contributed by atoms with Gasteiger partial charge in [0, 0.05) is 33.6 Å². The number of fused-ring (bicyclic) bond motifs is 1. The first kappa shape index (κ1) is 24.4. The van der Waals surface area contributed by atoms with Gasteiger partial charge in [0.25, 0.3) is 5.56 Å². The minimum Gasteiger partial charge on any atom is -0.490 e. The molecule has 0 saturated carbocycles. The zero-order valence-corrected chi connectivity index (χ0v) is 19.3. The normalized spacial score (nSPS) is 12.2. The number of benzene rings is 1. The number of aliphatic hydroxyl groups excluding tert-OH is 1. The number of aromatic nitrogens is 4. The van der Waals surface area contributed by atoms with Crippen LogP contribution in [0, 0.1) is 0 Å². The van der Waals surface area contributed by atoms with Crippen molar-refractivity contribution in [1.29, 1.82) is 0 Å². The van der Waals surface area contributed by atoms with Crippen LogP contribution in [0.2, 0.25) is 0 Å². The average molecular weight is 458 g/mol. The number of nitrogens with one attached hydrogen (secondary N) is 1. The monoisotopic (exact) mass is 457 g/mol. The highest BCUT2D eigenvalue weighted by atomic mass is 16.5. The second-order valence-corrected chi connectivity index (χ2v) is 8.01. The molecule has 1 unspecified atom stereocenters. The maximum Gasteiger partial charge on any atom is 0.332 e. The van der Waals surface area contributed by atoms with E-state index in [1.54, 1.807) is 42.2 Å². The van der Waals surface area contributed by atoms with Gasteiger partial charge >= 0.3 is 5.69 Å². The van der Waals surface area contributed by atoms with Crippen molar-refractivity contribution in [1.82, 2.24) is 24.0 Å². The van der Waals surface area contributed by atoms with Gasteiger partial charge in [0.1, 0.15) is 18.5 Å². The zero-order valence-electron chi connectivity index (χ0n) is 19.3. The van der Waals surface area contributed by atoms with Crippen LogP contribution in [-0.4, -0.2) is 55.4 Å². The Morgan fingerprint density at radius 2 is 1.97 bits per heavy atom. The van der Waals surface area contributed by atoms with Crippen molar-refractivity contribution in [3.05, 3.63) is 57.0 Å². The van der Waals surface area contributed by atoms with Crippen LogP contribution in [0.4, 0.5) is 0 Å². The number of ketones is 1. The largest absolute Gasteiger partial charge is 0.490 e. The van der Waals surface area contributed by atoms with E-state index in [0.29, 0.717) is 55.0 Å². The van der Waals surface area contributed by atoms with Crippen LogP contribution in [0.1, 0.15) is 36.5 Å². The van der Waals surface area contributed by atoms with Gasteiger partial charge in [-0.1, -0.05) is 19.1 Å². The van der Waals surface area contributed by atoms with E-state index >= 15 is 0 Å². The fourth-order valence-electron chi connectivity index (χ4n) is 3.64. The van der Waals surface area contributed by atoms with Crippen LogP contribution in [0.25, 0.3) is 11.2 Å². The Hall–Kier alpha value is -3.24.